The van der Waals surface area contributed by atoms with Crippen molar-refractivity contribution in [3.63, 3.8) is 0 Å². The number of hydrogen-bond acceptors (Lipinski definition) is 4. The van der Waals surface area contributed by atoms with E-state index in [9.17, 15) is 4.79 Å². The molecule has 0 saturated heterocycles. The van der Waals surface area contributed by atoms with Gasteiger partial charge in [-0.25, -0.2) is 0 Å². The summed E-state index contributed by atoms with van der Waals surface area (Å²) in [4.78, 5) is 11.8. The van der Waals surface area contributed by atoms with E-state index in [1.165, 1.54) is 18.2 Å². The SMILES string of the molecule is COC(=O)C(C)(CN)CCc1ccc2c(c1)CCO2. The van der Waals surface area contributed by atoms with Crippen LogP contribution in [-0.2, 0) is 22.4 Å². The Hall–Kier alpha value is -1.55. The summed E-state index contributed by atoms with van der Waals surface area (Å²) in [5.74, 6) is 0.748. The molecule has 4 heteroatoms. The molecule has 4 nitrogen and oxygen atoms in total. The number of esters is 1. The zero-order valence-electron chi connectivity index (χ0n) is 11.6. The molecule has 19 heavy (non-hydrogen) atoms. The van der Waals surface area contributed by atoms with E-state index in [-0.39, 0.29) is 5.97 Å². The fourth-order valence-corrected chi connectivity index (χ4v) is 2.35. The molecule has 0 aromatic heterocycles. The van der Waals surface area contributed by atoms with Crippen LogP contribution in [0.25, 0.3) is 0 Å². The number of aryl methyl sites for hydroxylation is 1. The van der Waals surface area contributed by atoms with Crippen LogP contribution in [0, 0.1) is 5.41 Å². The lowest BCUT2D eigenvalue weighted by atomic mass is 9.84. The van der Waals surface area contributed by atoms with Crippen molar-refractivity contribution in [2.45, 2.75) is 26.2 Å². The number of hydrogen-bond donors (Lipinski definition) is 1. The summed E-state index contributed by atoms with van der Waals surface area (Å²) in [5, 5.41) is 0. The molecular weight excluding hydrogens is 242 g/mol. The van der Waals surface area contributed by atoms with E-state index in [0.717, 1.165) is 25.2 Å². The smallest absolute Gasteiger partial charge is 0.312 e. The molecule has 0 saturated carbocycles. The molecular formula is C15H21NO3. The van der Waals surface area contributed by atoms with Gasteiger partial charge in [-0.05, 0) is 37.0 Å². The standard InChI is InChI=1S/C15H21NO3/c1-15(10-16,14(17)18-2)7-5-11-3-4-13-12(9-11)6-8-19-13/h3-4,9H,5-8,10,16H2,1-2H3. The molecule has 2 rings (SSSR count). The first kappa shape index (κ1) is 13.9. The fraction of sp³-hybridized carbons (Fsp3) is 0.533. The van der Waals surface area contributed by atoms with E-state index in [1.807, 2.05) is 13.0 Å². The number of methoxy groups -OCH3 is 1. The van der Waals surface area contributed by atoms with E-state index in [1.54, 1.807) is 0 Å². The van der Waals surface area contributed by atoms with Gasteiger partial charge >= 0.3 is 5.97 Å². The molecule has 0 fully saturated rings. The van der Waals surface area contributed by atoms with Crippen molar-refractivity contribution in [1.29, 1.82) is 0 Å². The summed E-state index contributed by atoms with van der Waals surface area (Å²) in [6.07, 6.45) is 2.47. The Morgan fingerprint density at radius 3 is 3.00 bits per heavy atom. The highest BCUT2D eigenvalue weighted by Crippen LogP contribution is 2.29. The predicted molar refractivity (Wildman–Crippen MR) is 73.1 cm³/mol. The fourth-order valence-electron chi connectivity index (χ4n) is 2.35. The number of rotatable bonds is 5. The van der Waals surface area contributed by atoms with Crippen LogP contribution in [0.15, 0.2) is 18.2 Å². The summed E-state index contributed by atoms with van der Waals surface area (Å²) in [6, 6.07) is 6.23. The van der Waals surface area contributed by atoms with Crippen LogP contribution in [-0.4, -0.2) is 26.2 Å². The zero-order valence-corrected chi connectivity index (χ0v) is 11.6. The largest absolute Gasteiger partial charge is 0.493 e. The molecule has 1 aromatic rings. The Labute approximate surface area is 113 Å². The second-order valence-electron chi connectivity index (χ2n) is 5.30. The highest BCUT2D eigenvalue weighted by Gasteiger charge is 2.32. The Kier molecular flexibility index (Phi) is 4.10. The van der Waals surface area contributed by atoms with Crippen LogP contribution in [0.2, 0.25) is 0 Å². The molecule has 1 aromatic carbocycles. The number of ether oxygens (including phenoxy) is 2. The Morgan fingerprint density at radius 1 is 1.53 bits per heavy atom. The topological polar surface area (TPSA) is 61.5 Å². The minimum atomic E-state index is -0.607. The maximum atomic E-state index is 11.8. The minimum Gasteiger partial charge on any atom is -0.493 e. The first-order valence-corrected chi connectivity index (χ1v) is 6.62. The average Bonchev–Trinajstić information content (AvgIpc) is 2.91. The van der Waals surface area contributed by atoms with Gasteiger partial charge in [-0.3, -0.25) is 4.79 Å². The first-order chi connectivity index (χ1) is 9.09. The van der Waals surface area contributed by atoms with E-state index >= 15 is 0 Å². The molecule has 0 spiro atoms. The van der Waals surface area contributed by atoms with E-state index in [0.29, 0.717) is 13.0 Å². The van der Waals surface area contributed by atoms with Gasteiger partial charge < -0.3 is 15.2 Å². The molecule has 0 aliphatic carbocycles. The third kappa shape index (κ3) is 2.89. The minimum absolute atomic E-state index is 0.237. The molecule has 1 atom stereocenters. The van der Waals surface area contributed by atoms with Gasteiger partial charge in [0.2, 0.25) is 0 Å². The van der Waals surface area contributed by atoms with Crippen molar-refractivity contribution in [3.8, 4) is 5.75 Å². The van der Waals surface area contributed by atoms with Gasteiger partial charge in [-0.15, -0.1) is 0 Å². The second kappa shape index (κ2) is 5.61. The molecule has 2 N–H and O–H groups in total. The van der Waals surface area contributed by atoms with Gasteiger partial charge in [0, 0.05) is 13.0 Å². The van der Waals surface area contributed by atoms with Gasteiger partial charge in [-0.2, -0.15) is 0 Å². The van der Waals surface area contributed by atoms with Gasteiger partial charge in [0.1, 0.15) is 5.75 Å². The summed E-state index contributed by atoms with van der Waals surface area (Å²) in [5.41, 5.74) is 7.58. The van der Waals surface area contributed by atoms with Crippen LogP contribution < -0.4 is 10.5 Å². The van der Waals surface area contributed by atoms with E-state index in [2.05, 4.69) is 12.1 Å². The van der Waals surface area contributed by atoms with E-state index in [4.69, 9.17) is 15.2 Å². The predicted octanol–water partition coefficient (Wildman–Crippen LogP) is 1.69. The third-order valence-electron chi connectivity index (χ3n) is 3.85. The Balaban J connectivity index is 2.03. The van der Waals surface area contributed by atoms with Gasteiger partial charge in [0.25, 0.3) is 0 Å². The average molecular weight is 263 g/mol. The quantitative estimate of drug-likeness (QED) is 0.821. The van der Waals surface area contributed by atoms with Crippen molar-refractivity contribution >= 4 is 5.97 Å². The zero-order chi connectivity index (χ0) is 13.9. The lowest BCUT2D eigenvalue weighted by molar-refractivity contribution is -0.151. The van der Waals surface area contributed by atoms with Crippen molar-refractivity contribution in [1.82, 2.24) is 0 Å². The van der Waals surface area contributed by atoms with Crippen molar-refractivity contribution in [3.05, 3.63) is 29.3 Å². The normalized spacial score (nSPS) is 16.4. The maximum Gasteiger partial charge on any atom is 0.312 e. The molecule has 1 aliphatic heterocycles. The lowest BCUT2D eigenvalue weighted by Crippen LogP contribution is -2.37. The number of carbonyl (C=O) groups excluding carboxylic acids is 1. The molecule has 0 bridgehead atoms. The highest BCUT2D eigenvalue weighted by atomic mass is 16.5. The maximum absolute atomic E-state index is 11.8. The molecule has 1 heterocycles. The number of benzene rings is 1. The van der Waals surface area contributed by atoms with Crippen LogP contribution in [0.1, 0.15) is 24.5 Å². The van der Waals surface area contributed by atoms with Crippen molar-refractivity contribution in [2.75, 3.05) is 20.3 Å². The summed E-state index contributed by atoms with van der Waals surface area (Å²) < 4.78 is 10.3. The second-order valence-corrected chi connectivity index (χ2v) is 5.30. The van der Waals surface area contributed by atoms with Gasteiger partial charge in [0.05, 0.1) is 19.1 Å². The molecule has 1 aliphatic rings. The van der Waals surface area contributed by atoms with E-state index < -0.39 is 5.41 Å². The summed E-state index contributed by atoms with van der Waals surface area (Å²) in [7, 11) is 1.41. The van der Waals surface area contributed by atoms with Crippen LogP contribution >= 0.6 is 0 Å². The molecule has 104 valence electrons. The number of nitrogens with two attached hydrogens (primary N) is 1. The Bertz CT molecular complexity index is 472. The van der Waals surface area contributed by atoms with Gasteiger partial charge in [-0.1, -0.05) is 12.1 Å². The number of fused-ring (bicyclic) bond motifs is 1. The van der Waals surface area contributed by atoms with Gasteiger partial charge in [0.15, 0.2) is 0 Å². The number of carbonyl (C=O) groups is 1. The molecule has 0 radical (unpaired) electrons. The third-order valence-corrected chi connectivity index (χ3v) is 3.85. The Morgan fingerprint density at radius 2 is 2.32 bits per heavy atom. The van der Waals surface area contributed by atoms with Crippen molar-refractivity contribution < 1.29 is 14.3 Å². The lowest BCUT2D eigenvalue weighted by Gasteiger charge is -2.24. The molecule has 1 unspecified atom stereocenters. The van der Waals surface area contributed by atoms with Crippen LogP contribution in [0.4, 0.5) is 0 Å². The first-order valence-electron chi connectivity index (χ1n) is 6.62. The van der Waals surface area contributed by atoms with Crippen LogP contribution in [0.5, 0.6) is 5.75 Å². The monoisotopic (exact) mass is 263 g/mol. The molecule has 0 amide bonds. The summed E-state index contributed by atoms with van der Waals surface area (Å²) >= 11 is 0. The summed E-state index contributed by atoms with van der Waals surface area (Å²) in [6.45, 7) is 2.92. The highest BCUT2D eigenvalue weighted by molar-refractivity contribution is 5.76. The van der Waals surface area contributed by atoms with Crippen LogP contribution in [0.3, 0.4) is 0 Å². The van der Waals surface area contributed by atoms with Crippen molar-refractivity contribution in [2.24, 2.45) is 11.1 Å².